The molecule has 98 valence electrons. The highest BCUT2D eigenvalue weighted by molar-refractivity contribution is 6.32. The Labute approximate surface area is 114 Å². The number of halogens is 1. The highest BCUT2D eigenvalue weighted by atomic mass is 35.5. The van der Waals surface area contributed by atoms with E-state index in [1.807, 2.05) is 6.21 Å². The largest absolute Gasteiger partial charge is 0.330 e. The molecule has 0 aromatic rings. The van der Waals surface area contributed by atoms with Gasteiger partial charge in [0, 0.05) is 48.9 Å². The van der Waals surface area contributed by atoms with Crippen LogP contribution in [0.5, 0.6) is 0 Å². The highest BCUT2D eigenvalue weighted by Gasteiger charge is 2.28. The molecule has 0 bridgehead atoms. The molecule has 0 spiro atoms. The molecule has 0 saturated carbocycles. The molecule has 2 aliphatic heterocycles. The van der Waals surface area contributed by atoms with Gasteiger partial charge in [-0.05, 0) is 27.7 Å². The lowest BCUT2D eigenvalue weighted by atomic mass is 10.1. The minimum absolute atomic E-state index is 0.413. The van der Waals surface area contributed by atoms with E-state index in [9.17, 15) is 0 Å². The zero-order valence-corrected chi connectivity index (χ0v) is 12.1. The normalized spacial score (nSPS) is 19.6. The van der Waals surface area contributed by atoms with Gasteiger partial charge in [0.1, 0.15) is 5.82 Å². The maximum Gasteiger partial charge on any atom is 0.118 e. The van der Waals surface area contributed by atoms with E-state index in [0.29, 0.717) is 12.1 Å². The summed E-state index contributed by atoms with van der Waals surface area (Å²) in [6.07, 6.45) is 8.68. The molecule has 2 aliphatic rings. The van der Waals surface area contributed by atoms with Crippen molar-refractivity contribution in [3.05, 3.63) is 35.0 Å². The Kier molecular flexibility index (Phi) is 3.81. The van der Waals surface area contributed by atoms with Crippen LogP contribution in [0.15, 0.2) is 40.0 Å². The SMILES string of the molecule is CC(C)N1C=CN(C(C)C)C1=C1CC=NC=C1Cl. The summed E-state index contributed by atoms with van der Waals surface area (Å²) in [6.45, 7) is 8.74. The van der Waals surface area contributed by atoms with Crippen molar-refractivity contribution in [2.24, 2.45) is 4.99 Å². The molecular formula is C14H20ClN3. The van der Waals surface area contributed by atoms with Crippen molar-refractivity contribution in [3.8, 4) is 0 Å². The maximum atomic E-state index is 6.31. The first-order valence-electron chi connectivity index (χ1n) is 6.38. The molecule has 0 aromatic carbocycles. The molecule has 18 heavy (non-hydrogen) atoms. The second-order valence-corrected chi connectivity index (χ2v) is 5.52. The van der Waals surface area contributed by atoms with Crippen LogP contribution in [0.4, 0.5) is 0 Å². The lowest BCUT2D eigenvalue weighted by Crippen LogP contribution is -2.33. The van der Waals surface area contributed by atoms with E-state index in [-0.39, 0.29) is 0 Å². The molecule has 0 N–H and O–H groups in total. The average molecular weight is 266 g/mol. The van der Waals surface area contributed by atoms with E-state index in [0.717, 1.165) is 17.0 Å². The molecule has 2 heterocycles. The smallest absolute Gasteiger partial charge is 0.118 e. The fraction of sp³-hybridized carbons (Fsp3) is 0.500. The topological polar surface area (TPSA) is 18.8 Å². The van der Waals surface area contributed by atoms with Gasteiger partial charge in [0.05, 0.1) is 5.03 Å². The summed E-state index contributed by atoms with van der Waals surface area (Å²) >= 11 is 6.31. The quantitative estimate of drug-likeness (QED) is 0.759. The van der Waals surface area contributed by atoms with E-state index >= 15 is 0 Å². The van der Waals surface area contributed by atoms with Crippen molar-refractivity contribution < 1.29 is 0 Å². The lowest BCUT2D eigenvalue weighted by molar-refractivity contribution is 0.281. The second kappa shape index (κ2) is 5.19. The van der Waals surface area contributed by atoms with Crippen LogP contribution in [0.2, 0.25) is 0 Å². The Morgan fingerprint density at radius 3 is 2.11 bits per heavy atom. The third kappa shape index (κ3) is 2.32. The van der Waals surface area contributed by atoms with Crippen LogP contribution in [0.3, 0.4) is 0 Å². The molecule has 0 saturated heterocycles. The Balaban J connectivity index is 2.45. The molecule has 3 nitrogen and oxygen atoms in total. The maximum absolute atomic E-state index is 6.31. The van der Waals surface area contributed by atoms with Crippen molar-refractivity contribution >= 4 is 17.8 Å². The van der Waals surface area contributed by atoms with E-state index < -0.39 is 0 Å². The van der Waals surface area contributed by atoms with E-state index in [1.54, 1.807) is 6.20 Å². The number of nitrogens with zero attached hydrogens (tertiary/aromatic N) is 3. The standard InChI is InChI=1S/C14H20ClN3/c1-10(2)17-7-8-18(11(3)4)14(17)12-5-6-16-9-13(12)15/h6-11H,5H2,1-4H3. The predicted molar refractivity (Wildman–Crippen MR) is 77.2 cm³/mol. The summed E-state index contributed by atoms with van der Waals surface area (Å²) in [5.74, 6) is 1.19. The van der Waals surface area contributed by atoms with Crippen LogP contribution in [0, 0.1) is 0 Å². The van der Waals surface area contributed by atoms with Crippen molar-refractivity contribution in [2.75, 3.05) is 0 Å². The number of allylic oxidation sites excluding steroid dienone is 2. The number of hydrogen-bond acceptors (Lipinski definition) is 3. The lowest BCUT2D eigenvalue weighted by Gasteiger charge is -2.33. The molecule has 0 unspecified atom stereocenters. The highest BCUT2D eigenvalue weighted by Crippen LogP contribution is 2.33. The molecule has 4 heteroatoms. The van der Waals surface area contributed by atoms with Crippen molar-refractivity contribution in [2.45, 2.75) is 46.2 Å². The van der Waals surface area contributed by atoms with E-state index in [4.69, 9.17) is 11.6 Å². The summed E-state index contributed by atoms with van der Waals surface area (Å²) in [6, 6.07) is 0.826. The second-order valence-electron chi connectivity index (χ2n) is 5.12. The molecule has 0 amide bonds. The number of aliphatic imine (C=N–C) groups is 1. The van der Waals surface area contributed by atoms with Gasteiger partial charge in [0.15, 0.2) is 0 Å². The molecule has 0 fully saturated rings. The van der Waals surface area contributed by atoms with Gasteiger partial charge in [0.2, 0.25) is 0 Å². The third-order valence-corrected chi connectivity index (χ3v) is 3.46. The van der Waals surface area contributed by atoms with Gasteiger partial charge in [-0.25, -0.2) is 0 Å². The van der Waals surface area contributed by atoms with Gasteiger partial charge < -0.3 is 9.80 Å². The molecule has 2 rings (SSSR count). The fourth-order valence-electron chi connectivity index (χ4n) is 2.20. The summed E-state index contributed by atoms with van der Waals surface area (Å²) in [7, 11) is 0. The number of hydrogen-bond donors (Lipinski definition) is 0. The first-order valence-corrected chi connectivity index (χ1v) is 6.76. The van der Waals surface area contributed by atoms with E-state index in [2.05, 4.69) is 54.9 Å². The summed E-state index contributed by atoms with van der Waals surface area (Å²) in [5.41, 5.74) is 1.15. The molecule has 0 atom stereocenters. The minimum atomic E-state index is 0.413. The Bertz CT molecular complexity index is 424. The first kappa shape index (κ1) is 13.2. The van der Waals surface area contributed by atoms with E-state index in [1.165, 1.54) is 5.82 Å². The van der Waals surface area contributed by atoms with Crippen LogP contribution in [-0.2, 0) is 0 Å². The van der Waals surface area contributed by atoms with Crippen LogP contribution in [0.1, 0.15) is 34.1 Å². The third-order valence-electron chi connectivity index (χ3n) is 3.14. The molecular weight excluding hydrogens is 246 g/mol. The molecule has 0 radical (unpaired) electrons. The van der Waals surface area contributed by atoms with Crippen molar-refractivity contribution in [1.82, 2.24) is 9.80 Å². The van der Waals surface area contributed by atoms with Gasteiger partial charge in [-0.2, -0.15) is 0 Å². The molecule has 0 aliphatic carbocycles. The Morgan fingerprint density at radius 1 is 1.11 bits per heavy atom. The van der Waals surface area contributed by atoms with Gasteiger partial charge in [-0.3, -0.25) is 4.99 Å². The minimum Gasteiger partial charge on any atom is -0.330 e. The Hall–Kier alpha value is -1.22. The zero-order chi connectivity index (χ0) is 13.3. The van der Waals surface area contributed by atoms with Crippen LogP contribution in [-0.4, -0.2) is 28.1 Å². The van der Waals surface area contributed by atoms with Gasteiger partial charge in [-0.1, -0.05) is 11.6 Å². The molecule has 0 aromatic heterocycles. The van der Waals surface area contributed by atoms with Gasteiger partial charge in [0.25, 0.3) is 0 Å². The first-order chi connectivity index (χ1) is 8.52. The number of rotatable bonds is 2. The summed E-state index contributed by atoms with van der Waals surface area (Å²) < 4.78 is 0. The van der Waals surface area contributed by atoms with Crippen LogP contribution < -0.4 is 0 Å². The zero-order valence-electron chi connectivity index (χ0n) is 11.4. The van der Waals surface area contributed by atoms with Crippen LogP contribution in [0.25, 0.3) is 0 Å². The van der Waals surface area contributed by atoms with Gasteiger partial charge >= 0.3 is 0 Å². The summed E-state index contributed by atoms with van der Waals surface area (Å²) in [5, 5.41) is 0.743. The Morgan fingerprint density at radius 2 is 1.67 bits per heavy atom. The monoisotopic (exact) mass is 265 g/mol. The summed E-state index contributed by atoms with van der Waals surface area (Å²) in [4.78, 5) is 8.65. The average Bonchev–Trinajstić information content (AvgIpc) is 2.74. The van der Waals surface area contributed by atoms with Crippen molar-refractivity contribution in [3.63, 3.8) is 0 Å². The van der Waals surface area contributed by atoms with Crippen LogP contribution >= 0.6 is 11.6 Å². The fourth-order valence-corrected chi connectivity index (χ4v) is 2.42. The van der Waals surface area contributed by atoms with Crippen molar-refractivity contribution in [1.29, 1.82) is 0 Å². The van der Waals surface area contributed by atoms with Gasteiger partial charge in [-0.15, -0.1) is 0 Å². The predicted octanol–water partition coefficient (Wildman–Crippen LogP) is 3.66.